The number of methoxy groups -OCH3 is 2. The molecule has 0 bridgehead atoms. The zero-order valence-electron chi connectivity index (χ0n) is 12.4. The van der Waals surface area contributed by atoms with Crippen molar-refractivity contribution in [2.24, 2.45) is 0 Å². The fourth-order valence-corrected chi connectivity index (χ4v) is 2.38. The second kappa shape index (κ2) is 6.47. The molecule has 6 nitrogen and oxygen atoms in total. The van der Waals surface area contributed by atoms with Crippen LogP contribution in [0.25, 0.3) is 0 Å². The highest BCUT2D eigenvalue weighted by atomic mass is 16.5. The van der Waals surface area contributed by atoms with E-state index in [1.807, 2.05) is 19.1 Å². The molecule has 1 heterocycles. The molecule has 2 atom stereocenters. The Bertz CT molecular complexity index is 544. The van der Waals surface area contributed by atoms with Crippen molar-refractivity contribution in [1.29, 1.82) is 0 Å². The van der Waals surface area contributed by atoms with Crippen LogP contribution >= 0.6 is 0 Å². The third-order valence-electron chi connectivity index (χ3n) is 3.58. The second-order valence-electron chi connectivity index (χ2n) is 5.00. The van der Waals surface area contributed by atoms with Crippen molar-refractivity contribution in [2.75, 3.05) is 14.2 Å². The first-order valence-electron chi connectivity index (χ1n) is 6.86. The molecule has 114 valence electrons. The van der Waals surface area contributed by atoms with Crippen molar-refractivity contribution >= 4 is 11.8 Å². The average molecular weight is 292 g/mol. The normalized spacial score (nSPS) is 18.8. The Morgan fingerprint density at radius 1 is 1.38 bits per heavy atom. The fourth-order valence-electron chi connectivity index (χ4n) is 2.38. The number of rotatable bonds is 5. The number of carbonyl (C=O) groups excluding carboxylic acids is 2. The van der Waals surface area contributed by atoms with E-state index in [9.17, 15) is 9.59 Å². The Hall–Kier alpha value is -2.24. The molecular formula is C15H20N2O4. The molecule has 0 radical (unpaired) electrons. The van der Waals surface area contributed by atoms with Crippen LogP contribution in [0.1, 0.15) is 31.4 Å². The number of hydrogen-bond acceptors (Lipinski definition) is 4. The van der Waals surface area contributed by atoms with Gasteiger partial charge in [-0.1, -0.05) is 0 Å². The fraction of sp³-hybridized carbons (Fsp3) is 0.467. The summed E-state index contributed by atoms with van der Waals surface area (Å²) in [5.74, 6) is 1.09. The van der Waals surface area contributed by atoms with Gasteiger partial charge in [-0.15, -0.1) is 0 Å². The first kappa shape index (κ1) is 15.2. The van der Waals surface area contributed by atoms with Crippen LogP contribution in [-0.4, -0.2) is 32.1 Å². The molecule has 0 aliphatic carbocycles. The van der Waals surface area contributed by atoms with Gasteiger partial charge in [0.1, 0.15) is 17.5 Å². The van der Waals surface area contributed by atoms with Gasteiger partial charge in [0, 0.05) is 18.1 Å². The monoisotopic (exact) mass is 292 g/mol. The Morgan fingerprint density at radius 2 is 2.14 bits per heavy atom. The van der Waals surface area contributed by atoms with Crippen molar-refractivity contribution in [2.45, 2.75) is 31.8 Å². The van der Waals surface area contributed by atoms with Gasteiger partial charge in [0.15, 0.2) is 0 Å². The number of carbonyl (C=O) groups is 2. The maximum atomic E-state index is 12.1. The third-order valence-corrected chi connectivity index (χ3v) is 3.58. The number of hydrogen-bond donors (Lipinski definition) is 2. The van der Waals surface area contributed by atoms with Crippen molar-refractivity contribution < 1.29 is 19.1 Å². The predicted molar refractivity (Wildman–Crippen MR) is 77.3 cm³/mol. The topological polar surface area (TPSA) is 76.7 Å². The highest BCUT2D eigenvalue weighted by molar-refractivity contribution is 5.90. The smallest absolute Gasteiger partial charge is 0.243 e. The van der Waals surface area contributed by atoms with Crippen molar-refractivity contribution in [3.63, 3.8) is 0 Å². The molecule has 2 rings (SSSR count). The minimum Gasteiger partial charge on any atom is -0.497 e. The van der Waals surface area contributed by atoms with E-state index in [2.05, 4.69) is 10.6 Å². The highest BCUT2D eigenvalue weighted by Crippen LogP contribution is 2.29. The molecule has 0 saturated carbocycles. The summed E-state index contributed by atoms with van der Waals surface area (Å²) in [6, 6.07) is 4.78. The number of amides is 2. The van der Waals surface area contributed by atoms with Crippen molar-refractivity contribution in [3.8, 4) is 11.5 Å². The largest absolute Gasteiger partial charge is 0.497 e. The van der Waals surface area contributed by atoms with E-state index in [1.165, 1.54) is 0 Å². The first-order valence-corrected chi connectivity index (χ1v) is 6.86. The summed E-state index contributed by atoms with van der Waals surface area (Å²) in [4.78, 5) is 23.3. The molecule has 1 aliphatic rings. The molecule has 21 heavy (non-hydrogen) atoms. The minimum atomic E-state index is -0.441. The van der Waals surface area contributed by atoms with Gasteiger partial charge >= 0.3 is 0 Å². The maximum absolute atomic E-state index is 12.1. The summed E-state index contributed by atoms with van der Waals surface area (Å²) in [6.07, 6.45) is 0.940. The molecule has 1 aromatic carbocycles. The lowest BCUT2D eigenvalue weighted by atomic mass is 10.1. The molecular weight excluding hydrogens is 272 g/mol. The van der Waals surface area contributed by atoms with E-state index in [4.69, 9.17) is 9.47 Å². The van der Waals surface area contributed by atoms with Gasteiger partial charge in [0.2, 0.25) is 11.8 Å². The maximum Gasteiger partial charge on any atom is 0.243 e. The summed E-state index contributed by atoms with van der Waals surface area (Å²) in [7, 11) is 3.16. The summed E-state index contributed by atoms with van der Waals surface area (Å²) in [5.41, 5.74) is 0.857. The van der Waals surface area contributed by atoms with E-state index in [0.29, 0.717) is 24.3 Å². The lowest BCUT2D eigenvalue weighted by Crippen LogP contribution is -2.42. The van der Waals surface area contributed by atoms with Gasteiger partial charge in [0.05, 0.1) is 20.3 Å². The zero-order valence-corrected chi connectivity index (χ0v) is 12.4. The van der Waals surface area contributed by atoms with Gasteiger partial charge in [-0.05, 0) is 25.5 Å². The molecule has 1 aromatic rings. The van der Waals surface area contributed by atoms with Crippen LogP contribution in [-0.2, 0) is 9.59 Å². The van der Waals surface area contributed by atoms with Crippen molar-refractivity contribution in [1.82, 2.24) is 10.6 Å². The average Bonchev–Trinajstić information content (AvgIpc) is 2.93. The molecule has 1 fully saturated rings. The molecule has 2 amide bonds. The van der Waals surface area contributed by atoms with Crippen molar-refractivity contribution in [3.05, 3.63) is 23.8 Å². The summed E-state index contributed by atoms with van der Waals surface area (Å²) in [5, 5.41) is 5.55. The van der Waals surface area contributed by atoms with Crippen LogP contribution in [0.2, 0.25) is 0 Å². The van der Waals surface area contributed by atoms with Crippen LogP contribution < -0.4 is 20.1 Å². The van der Waals surface area contributed by atoms with Gasteiger partial charge in [-0.2, -0.15) is 0 Å². The van der Waals surface area contributed by atoms with Gasteiger partial charge in [-0.25, -0.2) is 0 Å². The second-order valence-corrected chi connectivity index (χ2v) is 5.00. The Balaban J connectivity index is 2.07. The number of benzene rings is 1. The Kier molecular flexibility index (Phi) is 4.67. The van der Waals surface area contributed by atoms with E-state index < -0.39 is 6.04 Å². The van der Waals surface area contributed by atoms with E-state index in [0.717, 1.165) is 5.56 Å². The molecule has 0 unspecified atom stereocenters. The third kappa shape index (κ3) is 3.45. The SMILES string of the molecule is COc1ccc([C@@H](C)NC(=O)[C@H]2CCC(=O)N2)c(OC)c1. The lowest BCUT2D eigenvalue weighted by molar-refractivity contribution is -0.126. The highest BCUT2D eigenvalue weighted by Gasteiger charge is 2.28. The van der Waals surface area contributed by atoms with Gasteiger partial charge in [-0.3, -0.25) is 9.59 Å². The molecule has 1 aliphatic heterocycles. The summed E-state index contributed by atoms with van der Waals surface area (Å²) < 4.78 is 10.5. The van der Waals surface area contributed by atoms with E-state index in [-0.39, 0.29) is 17.9 Å². The molecule has 0 aromatic heterocycles. The standard InChI is InChI=1S/C15H20N2O4/c1-9(16-15(19)12-6-7-14(18)17-12)11-5-4-10(20-2)8-13(11)21-3/h4-5,8-9,12H,6-7H2,1-3H3,(H,16,19)(H,17,18)/t9-,12-/m1/s1. The Labute approximate surface area is 123 Å². The van der Waals surface area contributed by atoms with Crippen LogP contribution in [0.4, 0.5) is 0 Å². The zero-order chi connectivity index (χ0) is 15.4. The molecule has 6 heteroatoms. The molecule has 0 spiro atoms. The van der Waals surface area contributed by atoms with Crippen LogP contribution in [0.3, 0.4) is 0 Å². The van der Waals surface area contributed by atoms with Crippen LogP contribution in [0.15, 0.2) is 18.2 Å². The van der Waals surface area contributed by atoms with E-state index >= 15 is 0 Å². The summed E-state index contributed by atoms with van der Waals surface area (Å²) >= 11 is 0. The lowest BCUT2D eigenvalue weighted by Gasteiger charge is -2.20. The molecule has 2 N–H and O–H groups in total. The first-order chi connectivity index (χ1) is 10.0. The van der Waals surface area contributed by atoms with Crippen LogP contribution in [0.5, 0.6) is 11.5 Å². The molecule has 1 saturated heterocycles. The van der Waals surface area contributed by atoms with Crippen LogP contribution in [0, 0.1) is 0 Å². The predicted octanol–water partition coefficient (Wildman–Crippen LogP) is 1.16. The number of nitrogens with one attached hydrogen (secondary N) is 2. The quantitative estimate of drug-likeness (QED) is 0.854. The van der Waals surface area contributed by atoms with Gasteiger partial charge < -0.3 is 20.1 Å². The number of ether oxygens (including phenoxy) is 2. The van der Waals surface area contributed by atoms with Gasteiger partial charge in [0.25, 0.3) is 0 Å². The minimum absolute atomic E-state index is 0.0789. The summed E-state index contributed by atoms with van der Waals surface area (Å²) in [6.45, 7) is 1.87. The van der Waals surface area contributed by atoms with E-state index in [1.54, 1.807) is 20.3 Å². The Morgan fingerprint density at radius 3 is 2.71 bits per heavy atom.